The topological polar surface area (TPSA) is 67.3 Å². The number of amides is 1. The van der Waals surface area contributed by atoms with Crippen molar-refractivity contribution >= 4 is 39.4 Å². The number of rotatable bonds is 5. The van der Waals surface area contributed by atoms with Gasteiger partial charge in [-0.15, -0.1) is 0 Å². The lowest BCUT2D eigenvalue weighted by Crippen LogP contribution is -2.46. The van der Waals surface area contributed by atoms with Gasteiger partial charge in [-0.25, -0.2) is 4.79 Å². The molecule has 0 radical (unpaired) electrons. The summed E-state index contributed by atoms with van der Waals surface area (Å²) in [5, 5.41) is 2.07. The monoisotopic (exact) mass is 579 g/mol. The zero-order chi connectivity index (χ0) is 30.2. The Bertz CT molecular complexity index is 2120. The molecule has 4 aromatic carbocycles. The molecule has 6 nitrogen and oxygen atoms in total. The highest BCUT2D eigenvalue weighted by Crippen LogP contribution is 2.61. The molecule has 0 saturated carbocycles. The van der Waals surface area contributed by atoms with E-state index in [1.54, 1.807) is 0 Å². The van der Waals surface area contributed by atoms with Crippen molar-refractivity contribution in [3.8, 4) is 0 Å². The van der Waals surface area contributed by atoms with Crippen LogP contribution in [0.15, 0.2) is 103 Å². The number of esters is 1. The summed E-state index contributed by atoms with van der Waals surface area (Å²) in [5.41, 5.74) is 5.90. The first-order valence-electron chi connectivity index (χ1n) is 15.2. The van der Waals surface area contributed by atoms with Crippen LogP contribution in [0.25, 0.3) is 21.8 Å². The molecule has 0 aliphatic carbocycles. The third-order valence-electron chi connectivity index (χ3n) is 9.88. The summed E-state index contributed by atoms with van der Waals surface area (Å²) >= 11 is 0. The van der Waals surface area contributed by atoms with Crippen molar-refractivity contribution in [3.63, 3.8) is 0 Å². The summed E-state index contributed by atoms with van der Waals surface area (Å²) in [7, 11) is 0. The van der Waals surface area contributed by atoms with Crippen molar-refractivity contribution in [3.05, 3.63) is 137 Å². The van der Waals surface area contributed by atoms with Crippen molar-refractivity contribution in [2.75, 3.05) is 11.5 Å². The molecule has 0 fully saturated rings. The van der Waals surface area contributed by atoms with Gasteiger partial charge in [-0.05, 0) is 61.2 Å². The van der Waals surface area contributed by atoms with Crippen LogP contribution >= 0.6 is 0 Å². The number of hydrogen-bond donors (Lipinski definition) is 1. The lowest BCUT2D eigenvalue weighted by atomic mass is 9.71. The van der Waals surface area contributed by atoms with Gasteiger partial charge in [0, 0.05) is 39.6 Å². The number of fused-ring (bicyclic) bond motifs is 7. The third-order valence-corrected chi connectivity index (χ3v) is 9.88. The van der Waals surface area contributed by atoms with E-state index in [1.807, 2.05) is 78.6 Å². The number of aromatic nitrogens is 2. The molecule has 2 aliphatic rings. The molecule has 2 aromatic heterocycles. The first-order valence-corrected chi connectivity index (χ1v) is 15.2. The van der Waals surface area contributed by atoms with Crippen LogP contribution in [0.1, 0.15) is 47.0 Å². The number of nitrogens with one attached hydrogen (secondary N) is 1. The average molecular weight is 580 g/mol. The molecule has 4 heterocycles. The summed E-state index contributed by atoms with van der Waals surface area (Å²) in [6.45, 7) is 6.65. The molecule has 1 amide bonds. The van der Waals surface area contributed by atoms with E-state index in [1.165, 1.54) is 0 Å². The average Bonchev–Trinajstić information content (AvgIpc) is 3.73. The van der Waals surface area contributed by atoms with Gasteiger partial charge in [0.15, 0.2) is 5.54 Å². The van der Waals surface area contributed by atoms with Crippen LogP contribution in [0.3, 0.4) is 0 Å². The molecule has 8 rings (SSSR count). The fourth-order valence-electron chi connectivity index (χ4n) is 8.11. The maximum absolute atomic E-state index is 15.3. The Morgan fingerprint density at radius 3 is 2.30 bits per heavy atom. The molecule has 1 unspecified atom stereocenters. The second-order valence-corrected chi connectivity index (χ2v) is 12.1. The van der Waals surface area contributed by atoms with E-state index in [9.17, 15) is 4.79 Å². The Morgan fingerprint density at radius 1 is 0.841 bits per heavy atom. The summed E-state index contributed by atoms with van der Waals surface area (Å²) in [4.78, 5) is 35.6. The minimum absolute atomic E-state index is 0.0188. The predicted octanol–water partition coefficient (Wildman–Crippen LogP) is 7.28. The molecule has 0 bridgehead atoms. The van der Waals surface area contributed by atoms with Crippen molar-refractivity contribution < 1.29 is 14.3 Å². The number of aromatic amines is 1. The molecule has 218 valence electrons. The van der Waals surface area contributed by atoms with Crippen LogP contribution in [0, 0.1) is 13.8 Å². The minimum Gasteiger partial charge on any atom is -0.464 e. The Balaban J connectivity index is 1.49. The number of H-pyrrole nitrogens is 1. The number of ether oxygens (including phenoxy) is 1. The van der Waals surface area contributed by atoms with Crippen LogP contribution in [0.4, 0.5) is 5.69 Å². The maximum Gasteiger partial charge on any atom is 0.338 e. The smallest absolute Gasteiger partial charge is 0.338 e. The number of hydrogen-bond acceptors (Lipinski definition) is 3. The normalized spacial score (nSPS) is 20.5. The van der Waals surface area contributed by atoms with E-state index in [-0.39, 0.29) is 24.9 Å². The highest BCUT2D eigenvalue weighted by Gasteiger charge is 2.67. The fourth-order valence-corrected chi connectivity index (χ4v) is 8.11. The molecule has 6 aromatic rings. The van der Waals surface area contributed by atoms with Gasteiger partial charge in [-0.3, -0.25) is 4.79 Å². The molecule has 2 aliphatic heterocycles. The van der Waals surface area contributed by atoms with Crippen LogP contribution < -0.4 is 4.90 Å². The van der Waals surface area contributed by atoms with Crippen molar-refractivity contribution in [1.82, 2.24) is 9.55 Å². The second-order valence-electron chi connectivity index (χ2n) is 12.1. The zero-order valence-electron chi connectivity index (χ0n) is 25.1. The number of carbonyl (C=O) groups is 2. The number of benzene rings is 4. The van der Waals surface area contributed by atoms with Gasteiger partial charge in [-0.2, -0.15) is 0 Å². The number of anilines is 1. The van der Waals surface area contributed by atoms with Gasteiger partial charge >= 0.3 is 5.97 Å². The van der Waals surface area contributed by atoms with Gasteiger partial charge in [0.25, 0.3) is 0 Å². The number of nitrogens with zero attached hydrogens (tertiary/aromatic N) is 2. The first-order chi connectivity index (χ1) is 21.4. The third kappa shape index (κ3) is 3.25. The van der Waals surface area contributed by atoms with E-state index in [4.69, 9.17) is 4.74 Å². The molecule has 6 heteroatoms. The quantitative estimate of drug-likeness (QED) is 0.218. The van der Waals surface area contributed by atoms with E-state index >= 15 is 4.79 Å². The Labute approximate surface area is 255 Å². The van der Waals surface area contributed by atoms with Gasteiger partial charge in [0.1, 0.15) is 5.41 Å². The summed E-state index contributed by atoms with van der Waals surface area (Å²) in [6, 6.07) is 34.5. The Morgan fingerprint density at radius 2 is 1.52 bits per heavy atom. The fraction of sp³-hybridized carbons (Fsp3) is 0.211. The molecular formula is C38H33N3O3. The molecule has 1 spiro atoms. The van der Waals surface area contributed by atoms with E-state index < -0.39 is 11.0 Å². The Hall–Kier alpha value is -5.10. The van der Waals surface area contributed by atoms with Crippen molar-refractivity contribution in [2.24, 2.45) is 0 Å². The van der Waals surface area contributed by atoms with Gasteiger partial charge in [0.05, 0.1) is 18.8 Å². The van der Waals surface area contributed by atoms with E-state index in [0.29, 0.717) is 6.54 Å². The number of aryl methyl sites for hydroxylation is 2. The zero-order valence-corrected chi connectivity index (χ0v) is 25.1. The summed E-state index contributed by atoms with van der Waals surface area (Å²) in [5.74, 6) is -0.380. The second kappa shape index (κ2) is 9.45. The van der Waals surface area contributed by atoms with Crippen LogP contribution in [-0.4, -0.2) is 28.0 Å². The van der Waals surface area contributed by atoms with Gasteiger partial charge < -0.3 is 19.2 Å². The highest BCUT2D eigenvalue weighted by atomic mass is 16.5. The predicted molar refractivity (Wildman–Crippen MR) is 173 cm³/mol. The molecular weight excluding hydrogens is 546 g/mol. The van der Waals surface area contributed by atoms with Crippen LogP contribution in [0.2, 0.25) is 0 Å². The Kier molecular flexibility index (Phi) is 5.70. The number of carbonyl (C=O) groups excluding carboxylic acids is 2. The molecule has 2 atom stereocenters. The lowest BCUT2D eigenvalue weighted by molar-refractivity contribution is -0.151. The van der Waals surface area contributed by atoms with Crippen molar-refractivity contribution in [1.29, 1.82) is 0 Å². The van der Waals surface area contributed by atoms with Gasteiger partial charge in [0.2, 0.25) is 5.91 Å². The minimum atomic E-state index is -1.31. The van der Waals surface area contributed by atoms with Gasteiger partial charge in [-0.1, -0.05) is 84.9 Å². The molecule has 44 heavy (non-hydrogen) atoms. The maximum atomic E-state index is 15.3. The summed E-state index contributed by atoms with van der Waals surface area (Å²) < 4.78 is 8.14. The standard InChI is InChI=1S/C38H33N3O3/c1-4-44-36(43)38(33-24(2)27-16-8-11-19-30(27)39-33)23-37(34-25(3)28-17-9-12-20-31(28)41(34)38)29-18-10-13-21-32(29)40(35(37)42)22-26-14-6-5-7-15-26/h5-21,39H,4,22-23H2,1-3H3/t37?,38-/m1/s1. The lowest BCUT2D eigenvalue weighted by Gasteiger charge is -2.32. The molecule has 0 saturated heterocycles. The largest absolute Gasteiger partial charge is 0.464 e. The van der Waals surface area contributed by atoms with Crippen LogP contribution in [0.5, 0.6) is 0 Å². The number of para-hydroxylation sites is 3. The summed E-state index contributed by atoms with van der Waals surface area (Å²) in [6.07, 6.45) is 0.217. The SMILES string of the molecule is CCOC(=O)[C@]1(c2[nH]c3ccccc3c2C)CC2(C(=O)N(Cc3ccccc3)c3ccccc32)c2c(C)c3ccccc3n21. The van der Waals surface area contributed by atoms with E-state index in [0.717, 1.165) is 61.1 Å². The highest BCUT2D eigenvalue weighted by molar-refractivity contribution is 6.13. The van der Waals surface area contributed by atoms with Crippen molar-refractivity contribution in [2.45, 2.75) is 44.7 Å². The first kappa shape index (κ1) is 26.5. The van der Waals surface area contributed by atoms with E-state index in [2.05, 4.69) is 59.8 Å². The van der Waals surface area contributed by atoms with Crippen LogP contribution in [-0.2, 0) is 31.8 Å². The molecule has 1 N–H and O–H groups in total.